The van der Waals surface area contributed by atoms with E-state index in [-0.39, 0.29) is 5.91 Å². The average molecular weight is 392 g/mol. The molecule has 0 saturated heterocycles. The molecule has 1 amide bonds. The molecule has 0 aliphatic carbocycles. The van der Waals surface area contributed by atoms with Crippen LogP contribution in [0.4, 0.5) is 0 Å². The van der Waals surface area contributed by atoms with Gasteiger partial charge in [0.05, 0.1) is 12.5 Å². The summed E-state index contributed by atoms with van der Waals surface area (Å²) in [4.78, 5) is 16.5. The van der Waals surface area contributed by atoms with E-state index in [9.17, 15) is 4.79 Å². The van der Waals surface area contributed by atoms with E-state index in [0.29, 0.717) is 28.1 Å². The fourth-order valence-corrected chi connectivity index (χ4v) is 2.97. The fourth-order valence-electron chi connectivity index (χ4n) is 2.57. The summed E-state index contributed by atoms with van der Waals surface area (Å²) in [6.45, 7) is 3.36. The van der Waals surface area contributed by atoms with E-state index in [1.54, 1.807) is 25.4 Å². The summed E-state index contributed by atoms with van der Waals surface area (Å²) in [7, 11) is 1.57. The summed E-state index contributed by atoms with van der Waals surface area (Å²) >= 11 is 3.30. The lowest BCUT2D eigenvalue weighted by Crippen LogP contribution is -2.25. The lowest BCUT2D eigenvalue weighted by atomic mass is 10.1. The van der Waals surface area contributed by atoms with E-state index in [2.05, 4.69) is 30.8 Å². The first-order valence-corrected chi connectivity index (χ1v) is 8.41. The van der Waals surface area contributed by atoms with E-state index in [4.69, 9.17) is 9.15 Å². The second-order valence-electron chi connectivity index (χ2n) is 5.42. The van der Waals surface area contributed by atoms with Crippen LogP contribution in [0.25, 0.3) is 11.0 Å². The van der Waals surface area contributed by atoms with Crippen LogP contribution in [0, 0.1) is 6.92 Å². The van der Waals surface area contributed by atoms with Gasteiger partial charge in [-0.1, -0.05) is 0 Å². The van der Waals surface area contributed by atoms with Gasteiger partial charge in [-0.25, -0.2) is 4.98 Å². The van der Waals surface area contributed by atoms with Crippen molar-refractivity contribution in [3.8, 4) is 5.75 Å². The normalized spacial score (nSPS) is 11.0. The first kappa shape index (κ1) is 16.6. The van der Waals surface area contributed by atoms with Gasteiger partial charge >= 0.3 is 0 Å². The minimum Gasteiger partial charge on any atom is -0.496 e. The number of carbonyl (C=O) groups excluding carboxylic acids is 1. The van der Waals surface area contributed by atoms with Gasteiger partial charge in [0, 0.05) is 37.1 Å². The van der Waals surface area contributed by atoms with Gasteiger partial charge in [0.25, 0.3) is 5.91 Å². The fraction of sp³-hybridized carbons (Fsp3) is 0.294. The van der Waals surface area contributed by atoms with E-state index < -0.39 is 0 Å². The van der Waals surface area contributed by atoms with Gasteiger partial charge in [-0.15, -0.1) is 0 Å². The van der Waals surface area contributed by atoms with Gasteiger partial charge in [-0.3, -0.25) is 4.79 Å². The predicted octanol–water partition coefficient (Wildman–Crippen LogP) is 3.53. The molecule has 2 heterocycles. The Bertz CT molecular complexity index is 869. The zero-order chi connectivity index (χ0) is 17.1. The molecule has 0 saturated carbocycles. The number of rotatable bonds is 6. The topological polar surface area (TPSA) is 69.3 Å². The molecule has 0 unspecified atom stereocenters. The van der Waals surface area contributed by atoms with E-state index in [1.807, 2.05) is 19.2 Å². The minimum absolute atomic E-state index is 0.148. The van der Waals surface area contributed by atoms with Crippen molar-refractivity contribution in [2.24, 2.45) is 0 Å². The summed E-state index contributed by atoms with van der Waals surface area (Å²) in [5.74, 6) is 1.44. The highest BCUT2D eigenvalue weighted by Crippen LogP contribution is 2.32. The molecule has 3 aromatic rings. The van der Waals surface area contributed by atoms with Gasteiger partial charge in [-0.2, -0.15) is 0 Å². The Hall–Kier alpha value is -2.28. The Morgan fingerprint density at radius 3 is 2.96 bits per heavy atom. The molecule has 1 aromatic carbocycles. The van der Waals surface area contributed by atoms with Crippen molar-refractivity contribution in [2.45, 2.75) is 19.9 Å². The summed E-state index contributed by atoms with van der Waals surface area (Å²) in [6.07, 6.45) is 4.54. The van der Waals surface area contributed by atoms with Crippen molar-refractivity contribution in [1.29, 1.82) is 0 Å². The molecular weight excluding hydrogens is 374 g/mol. The maximum atomic E-state index is 12.4. The number of halogens is 1. The molecule has 2 aromatic heterocycles. The van der Waals surface area contributed by atoms with Crippen LogP contribution >= 0.6 is 15.9 Å². The van der Waals surface area contributed by atoms with Crippen molar-refractivity contribution in [1.82, 2.24) is 14.9 Å². The molecule has 7 heteroatoms. The largest absolute Gasteiger partial charge is 0.496 e. The van der Waals surface area contributed by atoms with Crippen molar-refractivity contribution in [2.75, 3.05) is 13.7 Å². The SMILES string of the molecule is COc1cc(C(=O)NCCCn2ccnc2C)cc2oc(Br)cc12. The van der Waals surface area contributed by atoms with Crippen LogP contribution in [-0.2, 0) is 6.54 Å². The monoisotopic (exact) mass is 391 g/mol. The summed E-state index contributed by atoms with van der Waals surface area (Å²) in [6, 6.07) is 5.26. The molecule has 1 N–H and O–H groups in total. The van der Waals surface area contributed by atoms with Crippen molar-refractivity contribution >= 4 is 32.8 Å². The van der Waals surface area contributed by atoms with E-state index >= 15 is 0 Å². The molecule has 0 aliphatic rings. The van der Waals surface area contributed by atoms with Gasteiger partial charge in [-0.05, 0) is 41.4 Å². The Labute approximate surface area is 147 Å². The van der Waals surface area contributed by atoms with Gasteiger partial charge in [0.1, 0.15) is 17.2 Å². The number of aryl methyl sites for hydroxylation is 2. The van der Waals surface area contributed by atoms with Crippen molar-refractivity contribution < 1.29 is 13.9 Å². The summed E-state index contributed by atoms with van der Waals surface area (Å²) in [5, 5.41) is 3.75. The summed E-state index contributed by atoms with van der Waals surface area (Å²) < 4.78 is 13.5. The van der Waals surface area contributed by atoms with Crippen LogP contribution in [0.5, 0.6) is 5.75 Å². The number of nitrogens with zero attached hydrogens (tertiary/aromatic N) is 2. The number of ether oxygens (including phenoxy) is 1. The molecule has 0 aliphatic heterocycles. The van der Waals surface area contributed by atoms with Crippen molar-refractivity contribution in [3.05, 3.63) is 46.7 Å². The van der Waals surface area contributed by atoms with Crippen LogP contribution < -0.4 is 10.1 Å². The Kier molecular flexibility index (Phi) is 4.89. The zero-order valence-electron chi connectivity index (χ0n) is 13.5. The number of methoxy groups -OCH3 is 1. The van der Waals surface area contributed by atoms with Crippen LogP contribution in [-0.4, -0.2) is 29.1 Å². The number of aromatic nitrogens is 2. The lowest BCUT2D eigenvalue weighted by Gasteiger charge is -2.08. The van der Waals surface area contributed by atoms with Gasteiger partial charge in [0.15, 0.2) is 4.67 Å². The van der Waals surface area contributed by atoms with E-state index in [0.717, 1.165) is 24.2 Å². The second-order valence-corrected chi connectivity index (χ2v) is 6.20. The number of amides is 1. The molecule has 3 rings (SSSR count). The number of imidazole rings is 1. The number of fused-ring (bicyclic) bond motifs is 1. The van der Waals surface area contributed by atoms with Gasteiger partial charge < -0.3 is 19.0 Å². The highest BCUT2D eigenvalue weighted by Gasteiger charge is 2.14. The molecule has 0 fully saturated rings. The number of benzene rings is 1. The Balaban J connectivity index is 1.64. The van der Waals surface area contributed by atoms with Crippen LogP contribution in [0.15, 0.2) is 39.7 Å². The van der Waals surface area contributed by atoms with Crippen LogP contribution in [0.2, 0.25) is 0 Å². The van der Waals surface area contributed by atoms with Gasteiger partial charge in [0.2, 0.25) is 0 Å². The third-order valence-corrected chi connectivity index (χ3v) is 4.23. The molecule has 0 radical (unpaired) electrons. The smallest absolute Gasteiger partial charge is 0.251 e. The molecule has 0 spiro atoms. The van der Waals surface area contributed by atoms with Crippen LogP contribution in [0.1, 0.15) is 22.6 Å². The van der Waals surface area contributed by atoms with Crippen LogP contribution in [0.3, 0.4) is 0 Å². The Morgan fingerprint density at radius 1 is 1.42 bits per heavy atom. The lowest BCUT2D eigenvalue weighted by molar-refractivity contribution is 0.0952. The molecular formula is C17H18BrN3O3. The highest BCUT2D eigenvalue weighted by molar-refractivity contribution is 9.10. The number of carbonyl (C=O) groups is 1. The van der Waals surface area contributed by atoms with E-state index in [1.165, 1.54) is 0 Å². The summed E-state index contributed by atoms with van der Waals surface area (Å²) in [5.41, 5.74) is 1.13. The number of hydrogen-bond acceptors (Lipinski definition) is 4. The molecule has 0 bridgehead atoms. The van der Waals surface area contributed by atoms with Crippen molar-refractivity contribution in [3.63, 3.8) is 0 Å². The number of furan rings is 1. The number of nitrogens with one attached hydrogen (secondary N) is 1. The molecule has 6 nitrogen and oxygen atoms in total. The zero-order valence-corrected chi connectivity index (χ0v) is 15.1. The minimum atomic E-state index is -0.148. The first-order chi connectivity index (χ1) is 11.6. The molecule has 126 valence electrons. The number of hydrogen-bond donors (Lipinski definition) is 1. The Morgan fingerprint density at radius 2 is 2.25 bits per heavy atom. The molecule has 24 heavy (non-hydrogen) atoms. The third kappa shape index (κ3) is 3.46. The standard InChI is InChI=1S/C17H18BrN3O3/c1-11-19-5-7-21(11)6-3-4-20-17(22)12-8-14(23-2)13-10-16(18)24-15(13)9-12/h5,7-10H,3-4,6H2,1-2H3,(H,20,22). The first-order valence-electron chi connectivity index (χ1n) is 7.61. The maximum absolute atomic E-state index is 12.4. The maximum Gasteiger partial charge on any atom is 0.251 e. The quantitative estimate of drug-likeness (QED) is 0.652. The average Bonchev–Trinajstić information content (AvgIpc) is 3.14. The predicted molar refractivity (Wildman–Crippen MR) is 94.4 cm³/mol. The third-order valence-electron chi connectivity index (χ3n) is 3.84. The molecule has 0 atom stereocenters. The second kappa shape index (κ2) is 7.09. The highest BCUT2D eigenvalue weighted by atomic mass is 79.9.